The van der Waals surface area contributed by atoms with E-state index in [0.29, 0.717) is 17.4 Å². The number of halogens is 3. The average molecular weight is 366 g/mol. The number of hydrogen-bond acceptors (Lipinski definition) is 3. The zero-order valence-electron chi connectivity index (χ0n) is 15.2. The SMILES string of the molecule is COCCC[C@@H]1C[C@H](C)C[C@@H](c2ccc(C(F)(F)F)c3nccnc23)C1. The normalized spacial score (nSPS) is 24.1. The minimum Gasteiger partial charge on any atom is -0.385 e. The van der Waals surface area contributed by atoms with E-state index in [4.69, 9.17) is 4.74 Å². The lowest BCUT2D eigenvalue weighted by Gasteiger charge is -2.34. The lowest BCUT2D eigenvalue weighted by Crippen LogP contribution is -2.21. The van der Waals surface area contributed by atoms with Crippen LogP contribution in [-0.2, 0) is 10.9 Å². The van der Waals surface area contributed by atoms with Crippen molar-refractivity contribution < 1.29 is 17.9 Å². The summed E-state index contributed by atoms with van der Waals surface area (Å²) in [5, 5.41) is 0. The first-order valence-electron chi connectivity index (χ1n) is 9.20. The molecule has 0 unspecified atom stereocenters. The van der Waals surface area contributed by atoms with Gasteiger partial charge in [-0.2, -0.15) is 13.2 Å². The van der Waals surface area contributed by atoms with Crippen LogP contribution in [0.3, 0.4) is 0 Å². The van der Waals surface area contributed by atoms with Gasteiger partial charge >= 0.3 is 6.18 Å². The summed E-state index contributed by atoms with van der Waals surface area (Å²) in [6.07, 6.45) is 3.66. The summed E-state index contributed by atoms with van der Waals surface area (Å²) in [6.45, 7) is 2.98. The molecular formula is C20H25F3N2O. The van der Waals surface area contributed by atoms with E-state index < -0.39 is 11.7 Å². The van der Waals surface area contributed by atoms with E-state index in [1.807, 2.05) is 0 Å². The van der Waals surface area contributed by atoms with Crippen LogP contribution in [0.25, 0.3) is 11.0 Å². The Morgan fingerprint density at radius 1 is 1.08 bits per heavy atom. The van der Waals surface area contributed by atoms with Gasteiger partial charge in [-0.3, -0.25) is 9.97 Å². The third-order valence-corrected chi connectivity index (χ3v) is 5.40. The van der Waals surface area contributed by atoms with Gasteiger partial charge in [-0.25, -0.2) is 0 Å². The number of aromatic nitrogens is 2. The highest BCUT2D eigenvalue weighted by Crippen LogP contribution is 2.44. The zero-order valence-corrected chi connectivity index (χ0v) is 15.2. The summed E-state index contributed by atoms with van der Waals surface area (Å²) < 4.78 is 45.1. The van der Waals surface area contributed by atoms with Gasteiger partial charge in [0.15, 0.2) is 0 Å². The predicted octanol–water partition coefficient (Wildman–Crippen LogP) is 5.60. The predicted molar refractivity (Wildman–Crippen MR) is 94.9 cm³/mol. The number of fused-ring (bicyclic) bond motifs is 1. The molecule has 1 saturated carbocycles. The Bertz CT molecular complexity index is 747. The van der Waals surface area contributed by atoms with Crippen molar-refractivity contribution in [3.63, 3.8) is 0 Å². The Kier molecular flexibility index (Phi) is 5.80. The molecule has 26 heavy (non-hydrogen) atoms. The molecule has 0 saturated heterocycles. The summed E-state index contributed by atoms with van der Waals surface area (Å²) in [6, 6.07) is 2.79. The van der Waals surface area contributed by atoms with E-state index in [-0.39, 0.29) is 11.4 Å². The lowest BCUT2D eigenvalue weighted by atomic mass is 9.71. The van der Waals surface area contributed by atoms with Crippen molar-refractivity contribution in [3.8, 4) is 0 Å². The number of hydrogen-bond donors (Lipinski definition) is 0. The molecular weight excluding hydrogens is 341 g/mol. The second kappa shape index (κ2) is 7.91. The van der Waals surface area contributed by atoms with Gasteiger partial charge < -0.3 is 4.74 Å². The van der Waals surface area contributed by atoms with Gasteiger partial charge in [0.1, 0.15) is 5.52 Å². The largest absolute Gasteiger partial charge is 0.418 e. The molecule has 1 aromatic carbocycles. The highest BCUT2D eigenvalue weighted by Gasteiger charge is 2.35. The first-order chi connectivity index (χ1) is 12.4. The van der Waals surface area contributed by atoms with Crippen LogP contribution in [0.15, 0.2) is 24.5 Å². The summed E-state index contributed by atoms with van der Waals surface area (Å²) in [5.41, 5.74) is 0.568. The van der Waals surface area contributed by atoms with Crippen LogP contribution in [0.1, 0.15) is 56.1 Å². The zero-order chi connectivity index (χ0) is 18.7. The van der Waals surface area contributed by atoms with Gasteiger partial charge in [0.2, 0.25) is 0 Å². The van der Waals surface area contributed by atoms with Crippen LogP contribution in [0, 0.1) is 11.8 Å². The molecule has 1 fully saturated rings. The second-order valence-corrected chi connectivity index (χ2v) is 7.46. The Morgan fingerprint density at radius 2 is 1.81 bits per heavy atom. The van der Waals surface area contributed by atoms with Gasteiger partial charge in [0.05, 0.1) is 11.1 Å². The molecule has 142 valence electrons. The van der Waals surface area contributed by atoms with Crippen LogP contribution in [0.2, 0.25) is 0 Å². The molecule has 1 aromatic heterocycles. The molecule has 6 heteroatoms. The number of methoxy groups -OCH3 is 1. The number of nitrogens with zero attached hydrogens (tertiary/aromatic N) is 2. The van der Waals surface area contributed by atoms with Crippen LogP contribution < -0.4 is 0 Å². The average Bonchev–Trinajstić information content (AvgIpc) is 2.59. The fourth-order valence-electron chi connectivity index (χ4n) is 4.39. The summed E-state index contributed by atoms with van der Waals surface area (Å²) >= 11 is 0. The minimum atomic E-state index is -4.42. The highest BCUT2D eigenvalue weighted by molar-refractivity contribution is 5.82. The van der Waals surface area contributed by atoms with Crippen LogP contribution in [0.4, 0.5) is 13.2 Å². The molecule has 3 nitrogen and oxygen atoms in total. The van der Waals surface area contributed by atoms with Gasteiger partial charge in [0.25, 0.3) is 0 Å². The maximum Gasteiger partial charge on any atom is 0.418 e. The van der Waals surface area contributed by atoms with E-state index in [9.17, 15) is 13.2 Å². The van der Waals surface area contributed by atoms with E-state index in [2.05, 4.69) is 16.9 Å². The van der Waals surface area contributed by atoms with Crippen molar-refractivity contribution in [2.75, 3.05) is 13.7 Å². The molecule has 0 bridgehead atoms. The third kappa shape index (κ3) is 4.17. The standard InChI is InChI=1S/C20H25F3N2O/c1-13-10-14(4-3-9-26-2)12-15(11-13)16-5-6-17(20(21,22)23)19-18(16)24-7-8-25-19/h5-8,13-15H,3-4,9-12H2,1-2H3/t13-,14+,15+/m0/s1. The molecule has 0 spiro atoms. The quantitative estimate of drug-likeness (QED) is 0.647. The number of benzene rings is 1. The lowest BCUT2D eigenvalue weighted by molar-refractivity contribution is -0.136. The van der Waals surface area contributed by atoms with Gasteiger partial charge in [0, 0.05) is 26.1 Å². The maximum atomic E-state index is 13.3. The molecule has 1 heterocycles. The van der Waals surface area contributed by atoms with E-state index in [0.717, 1.165) is 37.9 Å². The van der Waals surface area contributed by atoms with Crippen molar-refractivity contribution in [2.45, 2.75) is 51.1 Å². The van der Waals surface area contributed by atoms with Crippen molar-refractivity contribution in [2.24, 2.45) is 11.8 Å². The van der Waals surface area contributed by atoms with Crippen LogP contribution in [-0.4, -0.2) is 23.7 Å². The number of ether oxygens (including phenoxy) is 1. The molecule has 3 atom stereocenters. The fraction of sp³-hybridized carbons (Fsp3) is 0.600. The molecule has 3 rings (SSSR count). The Morgan fingerprint density at radius 3 is 2.50 bits per heavy atom. The molecule has 2 aromatic rings. The van der Waals surface area contributed by atoms with Gasteiger partial charge in [-0.05, 0) is 61.5 Å². The number of rotatable bonds is 5. The maximum absolute atomic E-state index is 13.3. The second-order valence-electron chi connectivity index (χ2n) is 7.46. The van der Waals surface area contributed by atoms with Crippen molar-refractivity contribution in [1.82, 2.24) is 9.97 Å². The Balaban J connectivity index is 1.92. The van der Waals surface area contributed by atoms with E-state index >= 15 is 0 Å². The highest BCUT2D eigenvalue weighted by atomic mass is 19.4. The Labute approximate surface area is 152 Å². The third-order valence-electron chi connectivity index (χ3n) is 5.40. The monoisotopic (exact) mass is 366 g/mol. The fourth-order valence-corrected chi connectivity index (χ4v) is 4.39. The molecule has 1 aliphatic rings. The van der Waals surface area contributed by atoms with Crippen molar-refractivity contribution in [3.05, 3.63) is 35.7 Å². The van der Waals surface area contributed by atoms with Gasteiger partial charge in [-0.15, -0.1) is 0 Å². The summed E-state index contributed by atoms with van der Waals surface area (Å²) in [4.78, 5) is 8.28. The topological polar surface area (TPSA) is 35.0 Å². The van der Waals surface area contributed by atoms with Crippen LogP contribution in [0.5, 0.6) is 0 Å². The molecule has 1 aliphatic carbocycles. The molecule has 0 amide bonds. The smallest absolute Gasteiger partial charge is 0.385 e. The van der Waals surface area contributed by atoms with Crippen molar-refractivity contribution in [1.29, 1.82) is 0 Å². The molecule has 0 aliphatic heterocycles. The first-order valence-corrected chi connectivity index (χ1v) is 9.20. The van der Waals surface area contributed by atoms with E-state index in [1.165, 1.54) is 24.9 Å². The van der Waals surface area contributed by atoms with Crippen molar-refractivity contribution >= 4 is 11.0 Å². The molecule has 0 radical (unpaired) electrons. The Hall–Kier alpha value is -1.69. The summed E-state index contributed by atoms with van der Waals surface area (Å²) in [5.74, 6) is 1.36. The molecule has 0 N–H and O–H groups in total. The van der Waals surface area contributed by atoms with Gasteiger partial charge in [-0.1, -0.05) is 13.0 Å². The van der Waals surface area contributed by atoms with Crippen LogP contribution >= 0.6 is 0 Å². The summed E-state index contributed by atoms with van der Waals surface area (Å²) in [7, 11) is 1.71. The minimum absolute atomic E-state index is 0.0355. The number of alkyl halides is 3. The first kappa shape index (κ1) is 19.1. The van der Waals surface area contributed by atoms with E-state index in [1.54, 1.807) is 13.2 Å².